The van der Waals surface area contributed by atoms with Crippen molar-refractivity contribution in [3.63, 3.8) is 0 Å². The van der Waals surface area contributed by atoms with Crippen LogP contribution in [0.4, 0.5) is 5.69 Å². The Labute approximate surface area is 107 Å². The molecule has 0 saturated carbocycles. The van der Waals surface area contributed by atoms with Crippen molar-refractivity contribution in [1.29, 1.82) is 5.26 Å². The van der Waals surface area contributed by atoms with Gasteiger partial charge in [0.2, 0.25) is 0 Å². The second-order valence-corrected chi connectivity index (χ2v) is 3.49. The fraction of sp³-hybridized carbons (Fsp3) is 0.462. The van der Waals surface area contributed by atoms with Crippen LogP contribution in [0.5, 0.6) is 5.75 Å². The minimum atomic E-state index is 0.367. The Morgan fingerprint density at radius 3 is 2.61 bits per heavy atom. The number of nitrogen functional groups attached to an aromatic ring is 1. The van der Waals surface area contributed by atoms with Crippen LogP contribution in [0.15, 0.2) is 18.2 Å². The molecule has 5 heteroatoms. The first-order chi connectivity index (χ1) is 8.79. The lowest BCUT2D eigenvalue weighted by Crippen LogP contribution is -2.11. The highest BCUT2D eigenvalue weighted by molar-refractivity contribution is 5.60. The lowest BCUT2D eigenvalue weighted by molar-refractivity contribution is 0.0404. The summed E-state index contributed by atoms with van der Waals surface area (Å²) in [6.45, 7) is 4.58. The Bertz CT molecular complexity index is 402. The fourth-order valence-electron chi connectivity index (χ4n) is 1.36. The van der Waals surface area contributed by atoms with Gasteiger partial charge < -0.3 is 19.9 Å². The van der Waals surface area contributed by atoms with Gasteiger partial charge in [-0.2, -0.15) is 5.26 Å². The zero-order valence-electron chi connectivity index (χ0n) is 10.5. The average molecular weight is 250 g/mol. The number of nitriles is 1. The van der Waals surface area contributed by atoms with E-state index in [0.717, 1.165) is 0 Å². The van der Waals surface area contributed by atoms with Crippen molar-refractivity contribution in [2.45, 2.75) is 6.92 Å². The second kappa shape index (κ2) is 8.34. The number of rotatable bonds is 8. The van der Waals surface area contributed by atoms with Crippen molar-refractivity contribution in [2.24, 2.45) is 0 Å². The summed E-state index contributed by atoms with van der Waals surface area (Å²) in [6.07, 6.45) is 0. The summed E-state index contributed by atoms with van der Waals surface area (Å²) in [4.78, 5) is 0. The highest BCUT2D eigenvalue weighted by Gasteiger charge is 2.05. The van der Waals surface area contributed by atoms with Crippen LogP contribution < -0.4 is 10.5 Å². The third kappa shape index (κ3) is 4.62. The molecule has 2 N–H and O–H groups in total. The van der Waals surface area contributed by atoms with Crippen molar-refractivity contribution in [2.75, 3.05) is 38.8 Å². The van der Waals surface area contributed by atoms with Crippen LogP contribution in [0.2, 0.25) is 0 Å². The molecule has 98 valence electrons. The molecule has 0 bridgehead atoms. The standard InChI is InChI=1S/C13H18N2O3/c1-2-16-6-7-17-8-9-18-13-5-3-4-12(15)11(13)10-14/h3-5H,2,6-9,15H2,1H3. The molecule has 1 aromatic carbocycles. The minimum Gasteiger partial charge on any atom is -0.490 e. The molecule has 0 unspecified atom stereocenters. The van der Waals surface area contributed by atoms with Gasteiger partial charge in [-0.3, -0.25) is 0 Å². The van der Waals surface area contributed by atoms with Crippen molar-refractivity contribution < 1.29 is 14.2 Å². The summed E-state index contributed by atoms with van der Waals surface area (Å²) in [6, 6.07) is 7.16. The van der Waals surface area contributed by atoms with E-state index in [2.05, 4.69) is 0 Å². The van der Waals surface area contributed by atoms with Gasteiger partial charge in [0.1, 0.15) is 24.0 Å². The molecule has 0 aliphatic heterocycles. The van der Waals surface area contributed by atoms with E-state index in [-0.39, 0.29) is 0 Å². The first kappa shape index (κ1) is 14.3. The predicted molar refractivity (Wildman–Crippen MR) is 68.4 cm³/mol. The Hall–Kier alpha value is -1.77. The Kier molecular flexibility index (Phi) is 6.62. The van der Waals surface area contributed by atoms with Gasteiger partial charge in [0.15, 0.2) is 0 Å². The highest BCUT2D eigenvalue weighted by Crippen LogP contribution is 2.22. The van der Waals surface area contributed by atoms with Gasteiger partial charge in [0, 0.05) is 6.61 Å². The molecular formula is C13H18N2O3. The fourth-order valence-corrected chi connectivity index (χ4v) is 1.36. The Morgan fingerprint density at radius 2 is 1.89 bits per heavy atom. The minimum absolute atomic E-state index is 0.367. The number of benzene rings is 1. The molecule has 0 aliphatic carbocycles. The van der Waals surface area contributed by atoms with Crippen molar-refractivity contribution in [3.05, 3.63) is 23.8 Å². The lowest BCUT2D eigenvalue weighted by atomic mass is 10.2. The first-order valence-corrected chi connectivity index (χ1v) is 5.86. The zero-order chi connectivity index (χ0) is 13.2. The number of hydrogen-bond donors (Lipinski definition) is 1. The van der Waals surface area contributed by atoms with Crippen LogP contribution in [0.1, 0.15) is 12.5 Å². The number of anilines is 1. The lowest BCUT2D eigenvalue weighted by Gasteiger charge is -2.09. The molecule has 0 aromatic heterocycles. The molecule has 1 rings (SSSR count). The van der Waals surface area contributed by atoms with Crippen LogP contribution in [-0.4, -0.2) is 33.0 Å². The monoisotopic (exact) mass is 250 g/mol. The van der Waals surface area contributed by atoms with E-state index in [1.807, 2.05) is 13.0 Å². The Balaban J connectivity index is 2.28. The van der Waals surface area contributed by atoms with Gasteiger partial charge in [-0.1, -0.05) is 6.07 Å². The van der Waals surface area contributed by atoms with Crippen LogP contribution >= 0.6 is 0 Å². The molecule has 0 amide bonds. The van der Waals surface area contributed by atoms with E-state index < -0.39 is 0 Å². The van der Waals surface area contributed by atoms with Gasteiger partial charge >= 0.3 is 0 Å². The molecule has 0 aliphatic rings. The molecule has 0 fully saturated rings. The molecule has 0 heterocycles. The third-order valence-corrected chi connectivity index (χ3v) is 2.23. The molecule has 0 spiro atoms. The molecule has 18 heavy (non-hydrogen) atoms. The maximum absolute atomic E-state index is 8.94. The van der Waals surface area contributed by atoms with Gasteiger partial charge in [-0.05, 0) is 19.1 Å². The van der Waals surface area contributed by atoms with E-state index >= 15 is 0 Å². The predicted octanol–water partition coefficient (Wildman–Crippen LogP) is 1.57. The number of ether oxygens (including phenoxy) is 3. The maximum atomic E-state index is 8.94. The van der Waals surface area contributed by atoms with E-state index in [0.29, 0.717) is 50.0 Å². The molecular weight excluding hydrogens is 232 g/mol. The number of nitrogens with two attached hydrogens (primary N) is 1. The normalized spacial score (nSPS) is 10.0. The third-order valence-electron chi connectivity index (χ3n) is 2.23. The summed E-state index contributed by atoms with van der Waals surface area (Å²) < 4.78 is 15.9. The zero-order valence-corrected chi connectivity index (χ0v) is 10.5. The molecule has 1 aromatic rings. The summed E-state index contributed by atoms with van der Waals surface area (Å²) in [5.74, 6) is 0.492. The first-order valence-electron chi connectivity index (χ1n) is 5.86. The number of nitrogens with zero attached hydrogens (tertiary/aromatic N) is 1. The molecule has 0 radical (unpaired) electrons. The van der Waals surface area contributed by atoms with Gasteiger partial charge in [-0.25, -0.2) is 0 Å². The van der Waals surface area contributed by atoms with E-state index in [1.54, 1.807) is 18.2 Å². The maximum Gasteiger partial charge on any atom is 0.139 e. The highest BCUT2D eigenvalue weighted by atomic mass is 16.5. The Morgan fingerprint density at radius 1 is 1.17 bits per heavy atom. The van der Waals surface area contributed by atoms with Gasteiger partial charge in [0.05, 0.1) is 25.5 Å². The number of hydrogen-bond acceptors (Lipinski definition) is 5. The largest absolute Gasteiger partial charge is 0.490 e. The molecule has 5 nitrogen and oxygen atoms in total. The van der Waals surface area contributed by atoms with E-state index in [4.69, 9.17) is 25.2 Å². The summed E-state index contributed by atoms with van der Waals surface area (Å²) >= 11 is 0. The van der Waals surface area contributed by atoms with Crippen LogP contribution in [0, 0.1) is 11.3 Å². The van der Waals surface area contributed by atoms with Crippen molar-refractivity contribution in [1.82, 2.24) is 0 Å². The average Bonchev–Trinajstić information content (AvgIpc) is 2.38. The summed E-state index contributed by atoms with van der Waals surface area (Å²) in [7, 11) is 0. The van der Waals surface area contributed by atoms with E-state index in [9.17, 15) is 0 Å². The second-order valence-electron chi connectivity index (χ2n) is 3.49. The van der Waals surface area contributed by atoms with Crippen LogP contribution in [0.25, 0.3) is 0 Å². The summed E-state index contributed by atoms with van der Waals surface area (Å²) in [5, 5.41) is 8.94. The van der Waals surface area contributed by atoms with Gasteiger partial charge in [0.25, 0.3) is 0 Å². The van der Waals surface area contributed by atoms with Crippen molar-refractivity contribution in [3.8, 4) is 11.8 Å². The quantitative estimate of drug-likeness (QED) is 0.559. The molecule has 0 saturated heterocycles. The smallest absolute Gasteiger partial charge is 0.139 e. The van der Waals surface area contributed by atoms with E-state index in [1.165, 1.54) is 0 Å². The SMILES string of the molecule is CCOCCOCCOc1cccc(N)c1C#N. The molecule has 0 atom stereocenters. The summed E-state index contributed by atoms with van der Waals surface area (Å²) in [5.41, 5.74) is 6.46. The van der Waals surface area contributed by atoms with Crippen molar-refractivity contribution >= 4 is 5.69 Å². The van der Waals surface area contributed by atoms with Gasteiger partial charge in [-0.15, -0.1) is 0 Å². The topological polar surface area (TPSA) is 77.5 Å². The van der Waals surface area contributed by atoms with Crippen LogP contribution in [-0.2, 0) is 9.47 Å². The van der Waals surface area contributed by atoms with Crippen LogP contribution in [0.3, 0.4) is 0 Å².